The summed E-state index contributed by atoms with van der Waals surface area (Å²) in [6, 6.07) is 6.22. The number of benzene rings is 1. The molecule has 0 saturated heterocycles. The van der Waals surface area contributed by atoms with Gasteiger partial charge in [-0.1, -0.05) is 33.8 Å². The molecule has 0 atom stereocenters. The van der Waals surface area contributed by atoms with Crippen LogP contribution in [0.4, 0.5) is 0 Å². The molecular formula is C9H8BrNO2S. The molecule has 2 N–H and O–H groups in total. The second-order valence-electron chi connectivity index (χ2n) is 2.51. The van der Waals surface area contributed by atoms with Crippen molar-refractivity contribution in [1.29, 1.82) is 0 Å². The summed E-state index contributed by atoms with van der Waals surface area (Å²) < 4.78 is 22.0. The van der Waals surface area contributed by atoms with E-state index in [0.29, 0.717) is 10.9 Å². The molecule has 0 heterocycles. The molecule has 0 saturated carbocycles. The van der Waals surface area contributed by atoms with Gasteiger partial charge in [0.25, 0.3) is 0 Å². The lowest BCUT2D eigenvalue weighted by molar-refractivity contribution is 0.598. The van der Waals surface area contributed by atoms with Crippen molar-refractivity contribution in [1.82, 2.24) is 0 Å². The molecule has 0 aromatic heterocycles. The monoisotopic (exact) mass is 273 g/mol. The Hall–Kier alpha value is -0.830. The molecule has 0 aliphatic rings. The van der Waals surface area contributed by atoms with Crippen LogP contribution in [0.2, 0.25) is 0 Å². The Balaban J connectivity index is 3.14. The van der Waals surface area contributed by atoms with Crippen LogP contribution < -0.4 is 5.14 Å². The third-order valence-electron chi connectivity index (χ3n) is 1.46. The zero-order valence-corrected chi connectivity index (χ0v) is 9.60. The zero-order valence-electron chi connectivity index (χ0n) is 7.20. The lowest BCUT2D eigenvalue weighted by Gasteiger charge is -1.97. The Morgan fingerprint density at radius 3 is 2.71 bits per heavy atom. The molecule has 5 heteroatoms. The van der Waals surface area contributed by atoms with E-state index in [4.69, 9.17) is 5.14 Å². The Kier molecular flexibility index (Phi) is 3.69. The maximum absolute atomic E-state index is 11.0. The first-order valence-corrected chi connectivity index (χ1v) is 6.38. The van der Waals surface area contributed by atoms with Crippen LogP contribution in [0.15, 0.2) is 29.2 Å². The highest BCUT2D eigenvalue weighted by Gasteiger charge is 2.06. The van der Waals surface area contributed by atoms with Crippen LogP contribution in [-0.2, 0) is 10.0 Å². The van der Waals surface area contributed by atoms with E-state index in [1.54, 1.807) is 12.1 Å². The summed E-state index contributed by atoms with van der Waals surface area (Å²) in [5.41, 5.74) is 0.635. The predicted molar refractivity (Wildman–Crippen MR) is 58.5 cm³/mol. The van der Waals surface area contributed by atoms with E-state index >= 15 is 0 Å². The van der Waals surface area contributed by atoms with Crippen molar-refractivity contribution in [3.05, 3.63) is 29.8 Å². The molecule has 14 heavy (non-hydrogen) atoms. The number of nitrogens with two attached hydrogens (primary N) is 1. The second kappa shape index (κ2) is 4.60. The van der Waals surface area contributed by atoms with Gasteiger partial charge in [-0.2, -0.15) is 0 Å². The Labute approximate surface area is 91.5 Å². The highest BCUT2D eigenvalue weighted by molar-refractivity contribution is 9.09. The molecule has 0 amide bonds. The average Bonchev–Trinajstić information content (AvgIpc) is 2.14. The maximum atomic E-state index is 11.0. The van der Waals surface area contributed by atoms with Crippen LogP contribution in [-0.4, -0.2) is 13.7 Å². The van der Waals surface area contributed by atoms with Crippen LogP contribution >= 0.6 is 15.9 Å². The molecule has 0 unspecified atom stereocenters. The summed E-state index contributed by atoms with van der Waals surface area (Å²) in [5, 5.41) is 5.52. The minimum absolute atomic E-state index is 0.0823. The average molecular weight is 274 g/mol. The van der Waals surface area contributed by atoms with Gasteiger partial charge in [0.05, 0.1) is 10.2 Å². The van der Waals surface area contributed by atoms with Crippen molar-refractivity contribution in [2.75, 3.05) is 5.33 Å². The highest BCUT2D eigenvalue weighted by Crippen LogP contribution is 2.08. The first-order chi connectivity index (χ1) is 6.54. The molecule has 3 nitrogen and oxygen atoms in total. The topological polar surface area (TPSA) is 60.2 Å². The van der Waals surface area contributed by atoms with Gasteiger partial charge in [0.1, 0.15) is 0 Å². The van der Waals surface area contributed by atoms with Gasteiger partial charge in [-0.15, -0.1) is 0 Å². The normalized spacial score (nSPS) is 10.4. The molecule has 0 radical (unpaired) electrons. The first kappa shape index (κ1) is 11.2. The van der Waals surface area contributed by atoms with Gasteiger partial charge in [0.2, 0.25) is 10.0 Å². The summed E-state index contributed by atoms with van der Waals surface area (Å²) in [6.45, 7) is 0. The molecule has 74 valence electrons. The standard InChI is InChI=1S/C9H8BrNO2S/c10-6-2-4-8-3-1-5-9(7-8)14(11,12)13/h1,3,5,7H,6H2,(H2,11,12,13). The SMILES string of the molecule is NS(=O)(=O)c1cccc(C#CCBr)c1. The van der Waals surface area contributed by atoms with Crippen molar-refractivity contribution in [2.45, 2.75) is 4.90 Å². The lowest BCUT2D eigenvalue weighted by atomic mass is 10.2. The Morgan fingerprint density at radius 1 is 1.43 bits per heavy atom. The number of sulfonamides is 1. The fraction of sp³-hybridized carbons (Fsp3) is 0.111. The van der Waals surface area contributed by atoms with Crippen molar-refractivity contribution in [3.63, 3.8) is 0 Å². The number of alkyl halides is 1. The van der Waals surface area contributed by atoms with E-state index in [9.17, 15) is 8.42 Å². The molecule has 1 rings (SSSR count). The smallest absolute Gasteiger partial charge is 0.225 e. The summed E-state index contributed by atoms with van der Waals surface area (Å²) in [7, 11) is -3.63. The molecule has 0 aliphatic carbocycles. The molecule has 0 spiro atoms. The van der Waals surface area contributed by atoms with Gasteiger partial charge in [0, 0.05) is 5.56 Å². The lowest BCUT2D eigenvalue weighted by Crippen LogP contribution is -2.11. The summed E-state index contributed by atoms with van der Waals surface area (Å²) in [4.78, 5) is 0.0823. The second-order valence-corrected chi connectivity index (χ2v) is 4.63. The van der Waals surface area contributed by atoms with Crippen LogP contribution in [0.5, 0.6) is 0 Å². The van der Waals surface area contributed by atoms with Gasteiger partial charge in [-0.3, -0.25) is 0 Å². The van der Waals surface area contributed by atoms with Crippen molar-refractivity contribution >= 4 is 26.0 Å². The molecule has 0 aliphatic heterocycles. The molecule has 0 fully saturated rings. The van der Waals surface area contributed by atoms with Crippen molar-refractivity contribution in [2.24, 2.45) is 5.14 Å². The third kappa shape index (κ3) is 3.14. The van der Waals surface area contributed by atoms with E-state index in [1.165, 1.54) is 12.1 Å². The van der Waals surface area contributed by atoms with Crippen molar-refractivity contribution < 1.29 is 8.42 Å². The van der Waals surface area contributed by atoms with Crippen LogP contribution in [0, 0.1) is 11.8 Å². The number of halogens is 1. The van der Waals surface area contributed by atoms with Gasteiger partial charge in [-0.05, 0) is 18.2 Å². The number of hydrogen-bond donors (Lipinski definition) is 1. The van der Waals surface area contributed by atoms with Crippen LogP contribution in [0.1, 0.15) is 5.56 Å². The van der Waals surface area contributed by atoms with Crippen molar-refractivity contribution in [3.8, 4) is 11.8 Å². The van der Waals surface area contributed by atoms with Crippen LogP contribution in [0.3, 0.4) is 0 Å². The Bertz CT molecular complexity index is 485. The third-order valence-corrected chi connectivity index (χ3v) is 2.65. The molecular weight excluding hydrogens is 266 g/mol. The van der Waals surface area contributed by atoms with E-state index in [2.05, 4.69) is 27.8 Å². The molecule has 0 bridgehead atoms. The van der Waals surface area contributed by atoms with Gasteiger partial charge in [0.15, 0.2) is 0 Å². The summed E-state index contributed by atoms with van der Waals surface area (Å²) >= 11 is 3.15. The minimum atomic E-state index is -3.63. The maximum Gasteiger partial charge on any atom is 0.238 e. The van der Waals surface area contributed by atoms with E-state index in [-0.39, 0.29) is 4.90 Å². The van der Waals surface area contributed by atoms with E-state index < -0.39 is 10.0 Å². The highest BCUT2D eigenvalue weighted by atomic mass is 79.9. The first-order valence-electron chi connectivity index (χ1n) is 3.72. The number of rotatable bonds is 1. The van der Waals surface area contributed by atoms with E-state index in [0.717, 1.165) is 0 Å². The van der Waals surface area contributed by atoms with Gasteiger partial charge < -0.3 is 0 Å². The quantitative estimate of drug-likeness (QED) is 0.615. The van der Waals surface area contributed by atoms with Gasteiger partial charge >= 0.3 is 0 Å². The summed E-state index contributed by atoms with van der Waals surface area (Å²) in [5.74, 6) is 5.56. The van der Waals surface area contributed by atoms with Gasteiger partial charge in [-0.25, -0.2) is 13.6 Å². The number of primary sulfonamides is 1. The number of hydrogen-bond acceptors (Lipinski definition) is 2. The fourth-order valence-electron chi connectivity index (χ4n) is 0.886. The molecule has 1 aromatic rings. The Morgan fingerprint density at radius 2 is 2.14 bits per heavy atom. The van der Waals surface area contributed by atoms with Crippen LogP contribution in [0.25, 0.3) is 0 Å². The zero-order chi connectivity index (χ0) is 10.6. The fourth-order valence-corrected chi connectivity index (χ4v) is 1.59. The van der Waals surface area contributed by atoms with E-state index in [1.807, 2.05) is 0 Å². The molecule has 1 aromatic carbocycles. The predicted octanol–water partition coefficient (Wildman–Crippen LogP) is 1.08. The summed E-state index contributed by atoms with van der Waals surface area (Å²) in [6.07, 6.45) is 0. The minimum Gasteiger partial charge on any atom is -0.225 e. The largest absolute Gasteiger partial charge is 0.238 e.